The molecule has 2 atom stereocenters. The summed E-state index contributed by atoms with van der Waals surface area (Å²) in [5.74, 6) is 0.547. The highest BCUT2D eigenvalue weighted by Crippen LogP contribution is 2.32. The van der Waals surface area contributed by atoms with E-state index in [1.807, 2.05) is 23.1 Å². The number of nitrogens with one attached hydrogen (secondary N) is 2. The number of benzene rings is 1. The highest BCUT2D eigenvalue weighted by Gasteiger charge is 2.42. The number of rotatable bonds is 6. The summed E-state index contributed by atoms with van der Waals surface area (Å²) in [5, 5.41) is 5.40. The summed E-state index contributed by atoms with van der Waals surface area (Å²) in [7, 11) is 1.59. The number of ether oxygens (including phenoxy) is 1. The molecule has 0 unspecified atom stereocenters. The first-order valence-electron chi connectivity index (χ1n) is 10.2. The van der Waals surface area contributed by atoms with E-state index in [1.54, 1.807) is 14.0 Å². The number of imide groups is 1. The zero-order chi connectivity index (χ0) is 22.1. The Balaban J connectivity index is 1.67. The van der Waals surface area contributed by atoms with Gasteiger partial charge >= 0.3 is 6.03 Å². The quantitative estimate of drug-likeness (QED) is 0.668. The summed E-state index contributed by atoms with van der Waals surface area (Å²) in [5.41, 5.74) is -0.0220. The fraction of sp³-hybridized carbons (Fsp3) is 0.571. The minimum absolute atomic E-state index is 0.0100. The summed E-state index contributed by atoms with van der Waals surface area (Å²) in [6.45, 7) is 7.78. The van der Waals surface area contributed by atoms with Gasteiger partial charge in [0.2, 0.25) is 5.91 Å². The van der Waals surface area contributed by atoms with Gasteiger partial charge in [0.15, 0.2) is 0 Å². The Morgan fingerprint density at radius 1 is 1.33 bits per heavy atom. The zero-order valence-corrected chi connectivity index (χ0v) is 18.6. The number of urea groups is 1. The predicted octanol–water partition coefficient (Wildman–Crippen LogP) is 2.40. The lowest BCUT2D eigenvalue weighted by Crippen LogP contribution is -2.57. The van der Waals surface area contributed by atoms with E-state index in [0.717, 1.165) is 5.69 Å². The van der Waals surface area contributed by atoms with Crippen LogP contribution in [0.15, 0.2) is 18.2 Å². The number of hydrogen-bond acceptors (Lipinski definition) is 5. The maximum atomic E-state index is 12.9. The summed E-state index contributed by atoms with van der Waals surface area (Å²) >= 11 is 6.17. The number of methoxy groups -OCH3 is 1. The summed E-state index contributed by atoms with van der Waals surface area (Å²) in [6, 6.07) is 5.35. The fourth-order valence-corrected chi connectivity index (χ4v) is 4.22. The lowest BCUT2D eigenvalue weighted by atomic mass is 9.94. The summed E-state index contributed by atoms with van der Waals surface area (Å²) in [6.07, 6.45) is 0.466. The third kappa shape index (κ3) is 4.48. The van der Waals surface area contributed by atoms with Crippen LogP contribution in [-0.4, -0.2) is 61.1 Å². The monoisotopic (exact) mass is 436 g/mol. The van der Waals surface area contributed by atoms with Crippen molar-refractivity contribution in [1.29, 1.82) is 0 Å². The van der Waals surface area contributed by atoms with Crippen LogP contribution in [-0.2, 0) is 9.59 Å². The standard InChI is InChI=1S/C21H29ClN4O4/c1-13(2)16-12-25(18(27)7-8-21(3)19(28)23-20(29)24-21)9-10-26(16)14-5-6-15(22)17(11-14)30-4/h5-6,11,13,16H,7-10,12H2,1-4H3,(H2,23,24,28,29)/t16-,21-/m1/s1. The van der Waals surface area contributed by atoms with Crippen LogP contribution in [0, 0.1) is 5.92 Å². The summed E-state index contributed by atoms with van der Waals surface area (Å²) < 4.78 is 5.35. The molecule has 8 nitrogen and oxygen atoms in total. The lowest BCUT2D eigenvalue weighted by molar-refractivity contribution is -0.133. The van der Waals surface area contributed by atoms with Gasteiger partial charge < -0.3 is 19.9 Å². The van der Waals surface area contributed by atoms with E-state index in [-0.39, 0.29) is 30.7 Å². The molecule has 0 aliphatic carbocycles. The Morgan fingerprint density at radius 2 is 2.07 bits per heavy atom. The van der Waals surface area contributed by atoms with Crippen molar-refractivity contribution >= 4 is 35.1 Å². The molecule has 2 fully saturated rings. The molecule has 2 aliphatic heterocycles. The number of halogens is 1. The van der Waals surface area contributed by atoms with E-state index >= 15 is 0 Å². The minimum atomic E-state index is -1.04. The van der Waals surface area contributed by atoms with Crippen LogP contribution in [0.1, 0.15) is 33.6 Å². The van der Waals surface area contributed by atoms with E-state index in [1.165, 1.54) is 0 Å². The Bertz CT molecular complexity index is 846. The molecule has 0 radical (unpaired) electrons. The Morgan fingerprint density at radius 3 is 2.67 bits per heavy atom. The molecule has 164 valence electrons. The van der Waals surface area contributed by atoms with Gasteiger partial charge in [-0.2, -0.15) is 0 Å². The SMILES string of the molecule is COc1cc(N2CCN(C(=O)CC[C@@]3(C)NC(=O)NC3=O)C[C@@H]2C(C)C)ccc1Cl. The highest BCUT2D eigenvalue weighted by atomic mass is 35.5. The second kappa shape index (κ2) is 8.71. The first-order chi connectivity index (χ1) is 14.1. The molecule has 2 N–H and O–H groups in total. The Hall–Kier alpha value is -2.48. The lowest BCUT2D eigenvalue weighted by Gasteiger charge is -2.45. The van der Waals surface area contributed by atoms with Gasteiger partial charge in [0.1, 0.15) is 11.3 Å². The number of anilines is 1. The van der Waals surface area contributed by atoms with Crippen molar-refractivity contribution in [1.82, 2.24) is 15.5 Å². The van der Waals surface area contributed by atoms with Crippen molar-refractivity contribution in [3.05, 3.63) is 23.2 Å². The normalized spacial score (nSPS) is 24.1. The topological polar surface area (TPSA) is 91.0 Å². The molecule has 3 rings (SSSR count). The molecule has 1 aromatic rings. The molecular weight excluding hydrogens is 408 g/mol. The van der Waals surface area contributed by atoms with E-state index in [0.29, 0.717) is 36.3 Å². The number of piperazine rings is 1. The second-order valence-electron chi connectivity index (χ2n) is 8.40. The molecular formula is C21H29ClN4O4. The zero-order valence-electron chi connectivity index (χ0n) is 17.8. The van der Waals surface area contributed by atoms with Gasteiger partial charge in [0, 0.05) is 43.9 Å². The van der Waals surface area contributed by atoms with Gasteiger partial charge in [-0.3, -0.25) is 14.9 Å². The van der Waals surface area contributed by atoms with Gasteiger partial charge in [-0.05, 0) is 31.4 Å². The largest absolute Gasteiger partial charge is 0.495 e. The molecule has 0 aromatic heterocycles. The van der Waals surface area contributed by atoms with Crippen LogP contribution in [0.5, 0.6) is 5.75 Å². The van der Waals surface area contributed by atoms with Gasteiger partial charge in [-0.25, -0.2) is 4.79 Å². The molecule has 0 spiro atoms. The third-order valence-electron chi connectivity index (χ3n) is 5.96. The van der Waals surface area contributed by atoms with Crippen molar-refractivity contribution in [3.63, 3.8) is 0 Å². The van der Waals surface area contributed by atoms with E-state index in [2.05, 4.69) is 29.4 Å². The third-order valence-corrected chi connectivity index (χ3v) is 6.28. The molecule has 4 amide bonds. The summed E-state index contributed by atoms with van der Waals surface area (Å²) in [4.78, 5) is 40.4. The van der Waals surface area contributed by atoms with Gasteiger partial charge in [-0.1, -0.05) is 25.4 Å². The molecule has 30 heavy (non-hydrogen) atoms. The number of hydrogen-bond donors (Lipinski definition) is 2. The Kier molecular flexibility index (Phi) is 6.45. The van der Waals surface area contributed by atoms with Crippen molar-refractivity contribution in [2.45, 2.75) is 45.2 Å². The molecule has 0 bridgehead atoms. The molecule has 2 heterocycles. The van der Waals surface area contributed by atoms with E-state index in [4.69, 9.17) is 16.3 Å². The first-order valence-corrected chi connectivity index (χ1v) is 10.5. The van der Waals surface area contributed by atoms with Crippen molar-refractivity contribution in [2.24, 2.45) is 5.92 Å². The van der Waals surface area contributed by atoms with E-state index in [9.17, 15) is 14.4 Å². The minimum Gasteiger partial charge on any atom is -0.495 e. The fourth-order valence-electron chi connectivity index (χ4n) is 4.03. The van der Waals surface area contributed by atoms with Crippen molar-refractivity contribution in [2.75, 3.05) is 31.6 Å². The molecule has 0 saturated carbocycles. The molecule has 2 aliphatic rings. The number of amides is 4. The van der Waals surface area contributed by atoms with Gasteiger partial charge in [0.25, 0.3) is 5.91 Å². The smallest absolute Gasteiger partial charge is 0.322 e. The molecule has 1 aromatic carbocycles. The van der Waals surface area contributed by atoms with Crippen LogP contribution in [0.25, 0.3) is 0 Å². The van der Waals surface area contributed by atoms with Gasteiger partial charge in [-0.15, -0.1) is 0 Å². The van der Waals surface area contributed by atoms with E-state index < -0.39 is 11.6 Å². The van der Waals surface area contributed by atoms with Crippen molar-refractivity contribution < 1.29 is 19.1 Å². The average Bonchev–Trinajstić information content (AvgIpc) is 2.97. The predicted molar refractivity (Wildman–Crippen MR) is 115 cm³/mol. The maximum Gasteiger partial charge on any atom is 0.322 e. The number of carbonyl (C=O) groups is 3. The molecule has 9 heteroatoms. The Labute approximate surface area is 181 Å². The first kappa shape index (κ1) is 22.2. The van der Waals surface area contributed by atoms with Crippen molar-refractivity contribution in [3.8, 4) is 5.75 Å². The average molecular weight is 437 g/mol. The van der Waals surface area contributed by atoms with Crippen LogP contribution < -0.4 is 20.3 Å². The van der Waals surface area contributed by atoms with Gasteiger partial charge in [0.05, 0.1) is 12.1 Å². The maximum absolute atomic E-state index is 12.9. The second-order valence-corrected chi connectivity index (χ2v) is 8.81. The number of carbonyl (C=O) groups excluding carboxylic acids is 3. The number of nitrogens with zero attached hydrogens (tertiary/aromatic N) is 2. The van der Waals surface area contributed by atoms with Crippen LogP contribution in [0.4, 0.5) is 10.5 Å². The highest BCUT2D eigenvalue weighted by molar-refractivity contribution is 6.32. The van der Waals surface area contributed by atoms with Crippen LogP contribution >= 0.6 is 11.6 Å². The van der Waals surface area contributed by atoms with Crippen LogP contribution in [0.2, 0.25) is 5.02 Å². The molecule has 2 saturated heterocycles. The van der Waals surface area contributed by atoms with Crippen LogP contribution in [0.3, 0.4) is 0 Å².